The van der Waals surface area contributed by atoms with Crippen molar-refractivity contribution >= 4 is 52.1 Å². The molecule has 0 radical (unpaired) electrons. The number of hydrogen-bond donors (Lipinski definition) is 4. The molecule has 16 heteroatoms. The summed E-state index contributed by atoms with van der Waals surface area (Å²) >= 11 is 0. The molecule has 13 nitrogen and oxygen atoms in total. The molecule has 1 aromatic heterocycles. The number of nitrogens with zero attached hydrogens (tertiary/aromatic N) is 5. The molecule has 3 aliphatic rings. The molecule has 3 aromatic carbocycles. The van der Waals surface area contributed by atoms with Gasteiger partial charge in [0.1, 0.15) is 23.2 Å². The van der Waals surface area contributed by atoms with Crippen molar-refractivity contribution in [3.63, 3.8) is 0 Å². The van der Waals surface area contributed by atoms with Gasteiger partial charge in [0.15, 0.2) is 5.78 Å². The van der Waals surface area contributed by atoms with E-state index in [2.05, 4.69) is 65.1 Å². The fourth-order valence-electron chi connectivity index (χ4n) is 8.16. The van der Waals surface area contributed by atoms with Crippen molar-refractivity contribution in [2.24, 2.45) is 0 Å². The summed E-state index contributed by atoms with van der Waals surface area (Å²) in [6.45, 7) is 6.02. The number of ether oxygens (including phenoxy) is 1. The Hall–Kier alpha value is -5.74. The number of methoxy groups -OCH3 is 1. The number of amides is 2. The van der Waals surface area contributed by atoms with E-state index in [0.717, 1.165) is 69.9 Å². The van der Waals surface area contributed by atoms with E-state index in [-0.39, 0.29) is 34.8 Å². The smallest absolute Gasteiger partial charge is 0.421 e. The van der Waals surface area contributed by atoms with Crippen molar-refractivity contribution in [3.05, 3.63) is 89.6 Å². The number of alkyl halides is 3. The van der Waals surface area contributed by atoms with Crippen LogP contribution >= 0.6 is 0 Å². The fourth-order valence-corrected chi connectivity index (χ4v) is 8.16. The third-order valence-corrected chi connectivity index (χ3v) is 11.5. The van der Waals surface area contributed by atoms with E-state index in [0.29, 0.717) is 42.4 Å². The number of imide groups is 1. The number of aromatic nitrogens is 2. The molecule has 0 saturated carbocycles. The largest absolute Gasteiger partial charge is 0.494 e. The number of carbonyl (C=O) groups is 3. The first-order valence-corrected chi connectivity index (χ1v) is 20.0. The first kappa shape index (κ1) is 41.4. The molecule has 4 aromatic rings. The number of likely N-dealkylation sites (tertiary alicyclic amines) is 1. The summed E-state index contributed by atoms with van der Waals surface area (Å²) < 4.78 is 47.6. The van der Waals surface area contributed by atoms with Crippen LogP contribution in [0.4, 0.5) is 47.7 Å². The second-order valence-corrected chi connectivity index (χ2v) is 15.5. The molecular weight excluding hydrogens is 764 g/mol. The number of halogens is 3. The molecule has 3 saturated heterocycles. The Balaban J connectivity index is 0.900. The summed E-state index contributed by atoms with van der Waals surface area (Å²) in [5.74, 6) is -0.367. The third kappa shape index (κ3) is 10.1. The molecule has 4 heterocycles. The summed E-state index contributed by atoms with van der Waals surface area (Å²) in [6.07, 6.45) is 0.980. The normalized spacial score (nSPS) is 18.4. The average Bonchev–Trinajstić information content (AvgIpc) is 3.22. The summed E-state index contributed by atoms with van der Waals surface area (Å²) in [5.41, 5.74) is 3.03. The first-order valence-electron chi connectivity index (χ1n) is 20.0. The van der Waals surface area contributed by atoms with Crippen LogP contribution in [-0.2, 0) is 15.8 Å². The maximum absolute atomic E-state index is 14.0. The predicted octanol–water partition coefficient (Wildman–Crippen LogP) is 7.15. The van der Waals surface area contributed by atoms with Crippen LogP contribution in [0.2, 0.25) is 0 Å². The van der Waals surface area contributed by atoms with Crippen LogP contribution in [0.15, 0.2) is 72.9 Å². The number of nitrogens with one attached hydrogen (secondary N) is 4. The highest BCUT2D eigenvalue weighted by molar-refractivity contribution is 6.01. The highest BCUT2D eigenvalue weighted by atomic mass is 19.4. The van der Waals surface area contributed by atoms with Crippen molar-refractivity contribution in [1.82, 2.24) is 25.1 Å². The van der Waals surface area contributed by atoms with Crippen molar-refractivity contribution in [3.8, 4) is 5.75 Å². The lowest BCUT2D eigenvalue weighted by Crippen LogP contribution is -2.48. The van der Waals surface area contributed by atoms with Gasteiger partial charge in [-0.2, -0.15) is 18.2 Å². The van der Waals surface area contributed by atoms with E-state index < -0.39 is 23.6 Å². The van der Waals surface area contributed by atoms with Gasteiger partial charge in [-0.15, -0.1) is 0 Å². The Morgan fingerprint density at radius 1 is 0.932 bits per heavy atom. The van der Waals surface area contributed by atoms with E-state index in [9.17, 15) is 27.6 Å². The second-order valence-electron chi connectivity index (χ2n) is 15.5. The highest BCUT2D eigenvalue weighted by Crippen LogP contribution is 2.38. The Morgan fingerprint density at radius 3 is 2.34 bits per heavy atom. The number of para-hydroxylation sites is 1. The van der Waals surface area contributed by atoms with Crippen LogP contribution < -0.4 is 30.9 Å². The van der Waals surface area contributed by atoms with Gasteiger partial charge < -0.3 is 25.6 Å². The van der Waals surface area contributed by atoms with Crippen LogP contribution in [0, 0.1) is 0 Å². The minimum atomic E-state index is -4.73. The minimum absolute atomic E-state index is 0.0739. The molecule has 0 spiro atoms. The number of ketones is 1. The number of anilines is 6. The number of Topliss-reactive ketones (excluding diaryl/α,β-unsaturated/α-hetero) is 1. The van der Waals surface area contributed by atoms with E-state index in [1.165, 1.54) is 31.7 Å². The van der Waals surface area contributed by atoms with E-state index in [1.807, 2.05) is 30.3 Å². The summed E-state index contributed by atoms with van der Waals surface area (Å²) in [5, 5.41) is 11.4. The van der Waals surface area contributed by atoms with Gasteiger partial charge in [-0.05, 0) is 107 Å². The maximum Gasteiger partial charge on any atom is 0.421 e. The lowest BCUT2D eigenvalue weighted by Gasteiger charge is -2.41. The second kappa shape index (κ2) is 18.0. The standard InChI is InChI=1S/C43H50F3N9O4/c1-27(56)33-6-4-5-7-35(33)49-40-34(43(44,45)46)25-47-42(52-40)50-36-13-12-32(24-38(36)59-3)55-22-18-31(19-23-55)53(2)26-54-20-16-29(17-21-54)28-8-10-30(11-9-28)48-37-14-15-39(57)51-41(37)58/h4-13,24-25,29,31,37,48H,14-23,26H2,1-3H3,(H,51,57,58)(H2,47,49,50,52). The van der Waals surface area contributed by atoms with Gasteiger partial charge in [0.05, 0.1) is 25.2 Å². The quantitative estimate of drug-likeness (QED) is 0.0805. The number of hydrogen-bond acceptors (Lipinski definition) is 12. The predicted molar refractivity (Wildman–Crippen MR) is 221 cm³/mol. The van der Waals surface area contributed by atoms with Crippen LogP contribution in [0.5, 0.6) is 5.75 Å². The summed E-state index contributed by atoms with van der Waals surface area (Å²) in [6, 6.07) is 20.4. The fraction of sp³-hybridized carbons (Fsp3) is 0.419. The summed E-state index contributed by atoms with van der Waals surface area (Å²) in [4.78, 5) is 51.2. The van der Waals surface area contributed by atoms with Gasteiger partial charge in [0.2, 0.25) is 17.8 Å². The Kier molecular flexibility index (Phi) is 12.7. The first-order chi connectivity index (χ1) is 28.3. The molecular formula is C43H50F3N9O4. The zero-order valence-corrected chi connectivity index (χ0v) is 33.4. The van der Waals surface area contributed by atoms with Gasteiger partial charge >= 0.3 is 6.18 Å². The van der Waals surface area contributed by atoms with E-state index in [1.54, 1.807) is 12.1 Å². The molecule has 4 N–H and O–H groups in total. The Morgan fingerprint density at radius 2 is 1.66 bits per heavy atom. The Labute approximate surface area is 341 Å². The average molecular weight is 814 g/mol. The molecule has 2 amide bonds. The molecule has 59 heavy (non-hydrogen) atoms. The van der Waals surface area contributed by atoms with Crippen molar-refractivity contribution in [2.45, 2.75) is 69.6 Å². The zero-order chi connectivity index (χ0) is 41.7. The van der Waals surface area contributed by atoms with Gasteiger partial charge in [0, 0.05) is 54.8 Å². The minimum Gasteiger partial charge on any atom is -0.494 e. The van der Waals surface area contributed by atoms with Crippen molar-refractivity contribution in [1.29, 1.82) is 0 Å². The molecule has 0 aliphatic carbocycles. The number of benzene rings is 3. The lowest BCUT2D eigenvalue weighted by molar-refractivity contribution is -0.137. The Bertz CT molecular complexity index is 2140. The van der Waals surface area contributed by atoms with Crippen LogP contribution in [0.25, 0.3) is 0 Å². The van der Waals surface area contributed by atoms with Gasteiger partial charge in [-0.3, -0.25) is 29.5 Å². The van der Waals surface area contributed by atoms with E-state index in [4.69, 9.17) is 4.74 Å². The molecule has 3 fully saturated rings. The van der Waals surface area contributed by atoms with Gasteiger partial charge in [-0.25, -0.2) is 4.98 Å². The SMILES string of the molecule is COc1cc(N2CCC(N(C)CN3CCC(c4ccc(NC5CCC(=O)NC5=O)cc4)CC3)CC2)ccc1Nc1ncc(C(F)(F)F)c(Nc2ccccc2C(C)=O)n1. The van der Waals surface area contributed by atoms with Crippen LogP contribution in [0.1, 0.15) is 72.9 Å². The van der Waals surface area contributed by atoms with Gasteiger partial charge in [0.25, 0.3) is 0 Å². The monoisotopic (exact) mass is 813 g/mol. The molecule has 1 unspecified atom stereocenters. The van der Waals surface area contributed by atoms with Gasteiger partial charge in [-0.1, -0.05) is 24.3 Å². The third-order valence-electron chi connectivity index (χ3n) is 11.5. The van der Waals surface area contributed by atoms with Crippen molar-refractivity contribution in [2.75, 3.05) is 67.9 Å². The number of rotatable bonds is 13. The topological polar surface area (TPSA) is 144 Å². The highest BCUT2D eigenvalue weighted by Gasteiger charge is 2.36. The van der Waals surface area contributed by atoms with Crippen LogP contribution in [-0.4, -0.2) is 96.5 Å². The van der Waals surface area contributed by atoms with E-state index >= 15 is 0 Å². The zero-order valence-electron chi connectivity index (χ0n) is 33.4. The molecule has 312 valence electrons. The number of piperidine rings is 3. The molecule has 3 aliphatic heterocycles. The van der Waals surface area contributed by atoms with Crippen LogP contribution in [0.3, 0.4) is 0 Å². The lowest BCUT2D eigenvalue weighted by atomic mass is 9.89. The molecule has 1 atom stereocenters. The summed E-state index contributed by atoms with van der Waals surface area (Å²) in [7, 11) is 3.74. The molecule has 0 bridgehead atoms. The van der Waals surface area contributed by atoms with Crippen molar-refractivity contribution < 1.29 is 32.3 Å². The molecule has 7 rings (SSSR count). The maximum atomic E-state index is 14.0. The number of carbonyl (C=O) groups excluding carboxylic acids is 3.